The van der Waals surface area contributed by atoms with Crippen molar-refractivity contribution in [2.75, 3.05) is 13.1 Å². The lowest BCUT2D eigenvalue weighted by atomic mass is 9.93. The van der Waals surface area contributed by atoms with Crippen LogP contribution in [0.25, 0.3) is 5.65 Å². The number of hydrogen-bond donors (Lipinski definition) is 1. The molecule has 1 unspecified atom stereocenters. The standard InChI is InChI=1S/C20H19ClFN3O2/c1-2-16-18(25-11-14(21)5-8-17(25)23-16)19(26)24-10-9-20(27,12-24)13-3-6-15(22)7-4-13/h3-8,11,27H,2,9-10,12H2,1H3. The van der Waals surface area contributed by atoms with Gasteiger partial charge in [0.1, 0.15) is 22.8 Å². The van der Waals surface area contributed by atoms with Crippen molar-refractivity contribution >= 4 is 23.2 Å². The molecule has 7 heteroatoms. The van der Waals surface area contributed by atoms with Crippen molar-refractivity contribution in [1.29, 1.82) is 0 Å². The molecule has 1 saturated heterocycles. The van der Waals surface area contributed by atoms with Crippen LogP contribution >= 0.6 is 11.6 Å². The summed E-state index contributed by atoms with van der Waals surface area (Å²) in [6, 6.07) is 9.28. The van der Waals surface area contributed by atoms with Gasteiger partial charge in [-0.3, -0.25) is 9.20 Å². The summed E-state index contributed by atoms with van der Waals surface area (Å²) in [6.45, 7) is 2.50. The Bertz CT molecular complexity index is 1020. The minimum absolute atomic E-state index is 0.147. The number of carbonyl (C=O) groups is 1. The van der Waals surface area contributed by atoms with Gasteiger partial charge in [-0.2, -0.15) is 0 Å². The molecule has 0 radical (unpaired) electrons. The molecule has 0 saturated carbocycles. The number of β-amino-alcohol motifs (C(OH)–C–C–N with tert-alkyl or cyclic N) is 1. The molecule has 1 aliphatic rings. The fraction of sp³-hybridized carbons (Fsp3) is 0.300. The number of hydrogen-bond acceptors (Lipinski definition) is 3. The van der Waals surface area contributed by atoms with Gasteiger partial charge < -0.3 is 10.0 Å². The highest BCUT2D eigenvalue weighted by Gasteiger charge is 2.40. The summed E-state index contributed by atoms with van der Waals surface area (Å²) in [4.78, 5) is 19.4. The Morgan fingerprint density at radius 3 is 2.74 bits per heavy atom. The monoisotopic (exact) mass is 387 g/mol. The van der Waals surface area contributed by atoms with Gasteiger partial charge in [0.05, 0.1) is 17.3 Å². The molecule has 1 aromatic carbocycles. The normalized spacial score (nSPS) is 19.8. The molecule has 27 heavy (non-hydrogen) atoms. The number of aryl methyl sites for hydroxylation is 1. The van der Waals surface area contributed by atoms with E-state index in [9.17, 15) is 14.3 Å². The second-order valence-corrected chi connectivity index (χ2v) is 7.29. The van der Waals surface area contributed by atoms with E-state index in [0.717, 1.165) is 0 Å². The fourth-order valence-corrected chi connectivity index (χ4v) is 3.81. The van der Waals surface area contributed by atoms with Gasteiger partial charge in [0.15, 0.2) is 0 Å². The van der Waals surface area contributed by atoms with Crippen LogP contribution in [0.2, 0.25) is 5.02 Å². The average molecular weight is 388 g/mol. The lowest BCUT2D eigenvalue weighted by molar-refractivity contribution is 0.0414. The van der Waals surface area contributed by atoms with Crippen molar-refractivity contribution in [2.24, 2.45) is 0 Å². The zero-order valence-corrected chi connectivity index (χ0v) is 15.6. The summed E-state index contributed by atoms with van der Waals surface area (Å²) in [7, 11) is 0. The highest BCUT2D eigenvalue weighted by Crippen LogP contribution is 2.33. The molecule has 0 aliphatic carbocycles. The molecule has 1 atom stereocenters. The molecule has 3 heterocycles. The Labute approximate surface area is 161 Å². The lowest BCUT2D eigenvalue weighted by Crippen LogP contribution is -2.35. The predicted molar refractivity (Wildman–Crippen MR) is 100 cm³/mol. The van der Waals surface area contributed by atoms with Crippen molar-refractivity contribution in [3.63, 3.8) is 0 Å². The van der Waals surface area contributed by atoms with Crippen molar-refractivity contribution in [2.45, 2.75) is 25.4 Å². The van der Waals surface area contributed by atoms with Crippen LogP contribution < -0.4 is 0 Å². The smallest absolute Gasteiger partial charge is 0.272 e. The third-order valence-corrected chi connectivity index (χ3v) is 5.33. The largest absolute Gasteiger partial charge is 0.383 e. The van der Waals surface area contributed by atoms with Gasteiger partial charge in [-0.15, -0.1) is 0 Å². The molecule has 1 aliphatic heterocycles. The number of rotatable bonds is 3. The first-order valence-corrected chi connectivity index (χ1v) is 9.23. The number of aromatic nitrogens is 2. The van der Waals surface area contributed by atoms with Gasteiger partial charge in [0.25, 0.3) is 5.91 Å². The van der Waals surface area contributed by atoms with Crippen LogP contribution in [-0.2, 0) is 12.0 Å². The second-order valence-electron chi connectivity index (χ2n) is 6.85. The van der Waals surface area contributed by atoms with Gasteiger partial charge in [-0.05, 0) is 42.7 Å². The van der Waals surface area contributed by atoms with Crippen LogP contribution in [0.4, 0.5) is 4.39 Å². The Morgan fingerprint density at radius 2 is 2.04 bits per heavy atom. The van der Waals surface area contributed by atoms with E-state index < -0.39 is 5.60 Å². The van der Waals surface area contributed by atoms with Crippen LogP contribution in [0.5, 0.6) is 0 Å². The molecular formula is C20H19ClFN3O2. The molecule has 140 valence electrons. The highest BCUT2D eigenvalue weighted by molar-refractivity contribution is 6.30. The molecular weight excluding hydrogens is 369 g/mol. The molecule has 2 aromatic heterocycles. The van der Waals surface area contributed by atoms with Crippen molar-refractivity contribution in [3.8, 4) is 0 Å². The van der Waals surface area contributed by atoms with Crippen LogP contribution in [0.15, 0.2) is 42.6 Å². The number of fused-ring (bicyclic) bond motifs is 1. The van der Waals surface area contributed by atoms with Gasteiger partial charge in [0, 0.05) is 12.7 Å². The molecule has 0 spiro atoms. The van der Waals surface area contributed by atoms with E-state index in [0.29, 0.717) is 47.0 Å². The third kappa shape index (κ3) is 3.09. The van der Waals surface area contributed by atoms with E-state index >= 15 is 0 Å². The fourth-order valence-electron chi connectivity index (χ4n) is 3.65. The van der Waals surface area contributed by atoms with E-state index in [-0.39, 0.29) is 18.3 Å². The molecule has 1 N–H and O–H groups in total. The Morgan fingerprint density at radius 1 is 1.30 bits per heavy atom. The van der Waals surface area contributed by atoms with E-state index in [4.69, 9.17) is 11.6 Å². The topological polar surface area (TPSA) is 57.8 Å². The molecule has 0 bridgehead atoms. The summed E-state index contributed by atoms with van der Waals surface area (Å²) in [6.07, 6.45) is 2.68. The number of benzene rings is 1. The predicted octanol–water partition coefficient (Wildman–Crippen LogP) is 3.42. The van der Waals surface area contributed by atoms with Crippen LogP contribution in [0, 0.1) is 5.82 Å². The number of imidazole rings is 1. The summed E-state index contributed by atoms with van der Waals surface area (Å²) in [5.74, 6) is -0.553. The van der Waals surface area contributed by atoms with Gasteiger partial charge >= 0.3 is 0 Å². The Kier molecular flexibility index (Phi) is 4.40. The minimum Gasteiger partial charge on any atom is -0.383 e. The third-order valence-electron chi connectivity index (χ3n) is 5.11. The summed E-state index contributed by atoms with van der Waals surface area (Å²) >= 11 is 6.10. The quantitative estimate of drug-likeness (QED) is 0.749. The number of amides is 1. The van der Waals surface area contributed by atoms with Crippen LogP contribution in [-0.4, -0.2) is 38.4 Å². The maximum Gasteiger partial charge on any atom is 0.272 e. The number of halogens is 2. The lowest BCUT2D eigenvalue weighted by Gasteiger charge is -2.24. The average Bonchev–Trinajstić information content (AvgIpc) is 3.23. The minimum atomic E-state index is -1.19. The molecule has 3 aromatic rings. The maximum atomic E-state index is 13.2. The first kappa shape index (κ1) is 17.9. The molecule has 5 nitrogen and oxygen atoms in total. The SMILES string of the molecule is CCc1nc2ccc(Cl)cn2c1C(=O)N1CCC(O)(c2ccc(F)cc2)C1. The number of pyridine rings is 1. The number of likely N-dealkylation sites (tertiary alicyclic amines) is 1. The Hall–Kier alpha value is -2.44. The summed E-state index contributed by atoms with van der Waals surface area (Å²) in [5, 5.41) is 11.5. The van der Waals surface area contributed by atoms with Crippen molar-refractivity contribution in [1.82, 2.24) is 14.3 Å². The molecule has 4 rings (SSSR count). The van der Waals surface area contributed by atoms with Crippen molar-refractivity contribution < 1.29 is 14.3 Å². The summed E-state index contributed by atoms with van der Waals surface area (Å²) < 4.78 is 14.9. The van der Waals surface area contributed by atoms with Crippen LogP contribution in [0.3, 0.4) is 0 Å². The van der Waals surface area contributed by atoms with Gasteiger partial charge in [-0.25, -0.2) is 9.37 Å². The number of carbonyl (C=O) groups excluding carboxylic acids is 1. The zero-order chi connectivity index (χ0) is 19.2. The number of nitrogens with zero attached hydrogens (tertiary/aromatic N) is 3. The van der Waals surface area contributed by atoms with E-state index in [1.165, 1.54) is 12.1 Å². The maximum absolute atomic E-state index is 13.2. The molecule has 1 fully saturated rings. The summed E-state index contributed by atoms with van der Waals surface area (Å²) in [5.41, 5.74) is 1.25. The van der Waals surface area contributed by atoms with E-state index in [2.05, 4.69) is 4.98 Å². The van der Waals surface area contributed by atoms with Crippen LogP contribution in [0.1, 0.15) is 35.1 Å². The highest BCUT2D eigenvalue weighted by atomic mass is 35.5. The van der Waals surface area contributed by atoms with Gasteiger partial charge in [0.2, 0.25) is 0 Å². The van der Waals surface area contributed by atoms with Gasteiger partial charge in [-0.1, -0.05) is 30.7 Å². The Balaban J connectivity index is 1.67. The number of aliphatic hydroxyl groups is 1. The van der Waals surface area contributed by atoms with E-state index in [1.807, 2.05) is 6.92 Å². The first-order chi connectivity index (χ1) is 12.9. The second kappa shape index (κ2) is 6.62. The zero-order valence-electron chi connectivity index (χ0n) is 14.8. The molecule has 1 amide bonds. The van der Waals surface area contributed by atoms with E-state index in [1.54, 1.807) is 39.8 Å². The van der Waals surface area contributed by atoms with Crippen molar-refractivity contribution in [3.05, 3.63) is 70.4 Å². The first-order valence-electron chi connectivity index (χ1n) is 8.85.